The summed E-state index contributed by atoms with van der Waals surface area (Å²) in [7, 11) is 0. The molecular formula is C34H50Br3LiO2. The van der Waals surface area contributed by atoms with Crippen molar-refractivity contribution in [3.8, 4) is 0 Å². The van der Waals surface area contributed by atoms with Crippen LogP contribution in [0.3, 0.4) is 0 Å². The van der Waals surface area contributed by atoms with Gasteiger partial charge in [-0.2, -0.15) is 6.42 Å². The van der Waals surface area contributed by atoms with Crippen LogP contribution < -0.4 is 18.9 Å². The second-order valence-electron chi connectivity index (χ2n) is 10.8. The first-order valence-corrected chi connectivity index (χ1v) is 17.3. The number of rotatable bonds is 6. The largest absolute Gasteiger partial charge is 1.00 e. The van der Waals surface area contributed by atoms with Gasteiger partial charge in [-0.1, -0.05) is 113 Å². The second kappa shape index (κ2) is 23.5. The van der Waals surface area contributed by atoms with Crippen LogP contribution in [0.25, 0.3) is 0 Å². The van der Waals surface area contributed by atoms with Crippen LogP contribution in [0.5, 0.6) is 0 Å². The maximum Gasteiger partial charge on any atom is 1.00 e. The molecule has 4 rings (SSSR count). The number of benzene rings is 2. The van der Waals surface area contributed by atoms with Crippen LogP contribution in [0.2, 0.25) is 0 Å². The number of unbranched alkanes of at least 4 members (excludes halogenated alkanes) is 1. The number of carbonyl (C=O) groups is 1. The molecule has 0 radical (unpaired) electrons. The summed E-state index contributed by atoms with van der Waals surface area (Å²) in [5, 5.41) is 10.7. The van der Waals surface area contributed by atoms with Crippen molar-refractivity contribution in [1.29, 1.82) is 0 Å². The van der Waals surface area contributed by atoms with Gasteiger partial charge in [0, 0.05) is 26.3 Å². The molecule has 2 aliphatic rings. The van der Waals surface area contributed by atoms with Gasteiger partial charge in [0.15, 0.2) is 0 Å². The van der Waals surface area contributed by atoms with E-state index in [0.717, 1.165) is 75.8 Å². The van der Waals surface area contributed by atoms with Crippen molar-refractivity contribution >= 4 is 53.6 Å². The maximum atomic E-state index is 10.8. The molecule has 0 heterocycles. The third kappa shape index (κ3) is 17.3. The minimum atomic E-state index is -0.578. The summed E-state index contributed by atoms with van der Waals surface area (Å²) >= 11 is 10.1. The summed E-state index contributed by atoms with van der Waals surface area (Å²) in [4.78, 5) is 10.8. The molecule has 2 aliphatic carbocycles. The number of hydrogen-bond donors (Lipinski definition) is 1. The number of carbonyl (C=O) groups excluding carboxylic acids is 1. The second-order valence-corrected chi connectivity index (χ2v) is 13.6. The Bertz CT molecular complexity index is 861. The smallest absolute Gasteiger partial charge is 0.385 e. The van der Waals surface area contributed by atoms with E-state index in [1.165, 1.54) is 44.9 Å². The Kier molecular flexibility index (Phi) is 23.6. The average Bonchev–Trinajstić information content (AvgIpc) is 2.94. The van der Waals surface area contributed by atoms with Gasteiger partial charge in [0.25, 0.3) is 0 Å². The first kappa shape index (κ1) is 40.1. The standard InChI is InChI=1S/C15H21BrO.C9H16O.C6H4Br2.C4H9.Li/c1-2-3-12-8-10-15(17,11-9-12)13-4-6-14(16)7-5-13;1-2-3-8-4-6-9(10)7-5-8;7-5-1-2-6(8)4-3-5;1-3-4-2;/h4-7,12,17H,2-3,8-11H2,1H3;8H,2-7H2,1H3;1-4H;1,3-4H2,2H3;/q;;;-1;+1. The van der Waals surface area contributed by atoms with E-state index in [2.05, 4.69) is 75.5 Å². The normalized spacial score (nSPS) is 20.4. The summed E-state index contributed by atoms with van der Waals surface area (Å²) in [6.07, 6.45) is 15.7. The molecule has 6 heteroatoms. The van der Waals surface area contributed by atoms with E-state index < -0.39 is 5.60 Å². The maximum absolute atomic E-state index is 10.8. The minimum Gasteiger partial charge on any atom is -0.385 e. The topological polar surface area (TPSA) is 37.3 Å². The van der Waals surface area contributed by atoms with Gasteiger partial charge in [-0.3, -0.25) is 4.79 Å². The molecular weight excluding hydrogens is 687 g/mol. The molecule has 0 bridgehead atoms. The van der Waals surface area contributed by atoms with Gasteiger partial charge in [0.1, 0.15) is 5.78 Å². The Morgan fingerprint density at radius 2 is 1.07 bits per heavy atom. The van der Waals surface area contributed by atoms with Gasteiger partial charge in [0.05, 0.1) is 5.60 Å². The molecule has 40 heavy (non-hydrogen) atoms. The summed E-state index contributed by atoms with van der Waals surface area (Å²) in [6.45, 7) is 10.2. The van der Waals surface area contributed by atoms with Crippen LogP contribution in [-0.2, 0) is 10.4 Å². The van der Waals surface area contributed by atoms with E-state index in [4.69, 9.17) is 0 Å². The molecule has 0 unspecified atom stereocenters. The molecule has 2 fully saturated rings. The van der Waals surface area contributed by atoms with Crippen LogP contribution in [0.1, 0.15) is 116 Å². The molecule has 1 N–H and O–H groups in total. The molecule has 0 aromatic heterocycles. The molecule has 0 amide bonds. The Labute approximate surface area is 282 Å². The number of hydrogen-bond acceptors (Lipinski definition) is 2. The molecule has 2 aromatic carbocycles. The van der Waals surface area contributed by atoms with Crippen molar-refractivity contribution in [3.63, 3.8) is 0 Å². The Balaban J connectivity index is 0.000000565. The quantitative estimate of drug-likeness (QED) is 0.238. The van der Waals surface area contributed by atoms with Crippen molar-refractivity contribution in [3.05, 3.63) is 74.4 Å². The predicted octanol–water partition coefficient (Wildman–Crippen LogP) is 9.01. The molecule has 2 nitrogen and oxygen atoms in total. The number of aliphatic hydroxyl groups is 1. The van der Waals surface area contributed by atoms with Crippen molar-refractivity contribution in [2.24, 2.45) is 11.8 Å². The molecule has 0 aliphatic heterocycles. The van der Waals surface area contributed by atoms with Crippen LogP contribution in [0, 0.1) is 18.8 Å². The number of Topliss-reactive ketones (excluding diaryl/α,β-unsaturated/α-hetero) is 1. The van der Waals surface area contributed by atoms with Crippen LogP contribution in [0.15, 0.2) is 61.9 Å². The van der Waals surface area contributed by atoms with E-state index in [1.807, 2.05) is 48.5 Å². The third-order valence-electron chi connectivity index (χ3n) is 7.53. The van der Waals surface area contributed by atoms with Gasteiger partial charge in [-0.05, 0) is 92.3 Å². The first-order chi connectivity index (χ1) is 18.7. The first-order valence-electron chi connectivity index (χ1n) is 14.9. The van der Waals surface area contributed by atoms with E-state index >= 15 is 0 Å². The monoisotopic (exact) mass is 734 g/mol. The number of ketones is 1. The molecule has 0 atom stereocenters. The van der Waals surface area contributed by atoms with E-state index in [1.54, 1.807) is 0 Å². The number of halogens is 3. The van der Waals surface area contributed by atoms with Gasteiger partial charge in [-0.25, -0.2) is 0 Å². The van der Waals surface area contributed by atoms with Gasteiger partial charge in [-0.15, -0.1) is 0 Å². The minimum absolute atomic E-state index is 0. The fourth-order valence-corrected chi connectivity index (χ4v) is 5.82. The summed E-state index contributed by atoms with van der Waals surface area (Å²) < 4.78 is 3.30. The Morgan fingerprint density at radius 3 is 1.43 bits per heavy atom. The van der Waals surface area contributed by atoms with Gasteiger partial charge >= 0.3 is 18.9 Å². The fraction of sp³-hybridized carbons (Fsp3) is 0.588. The van der Waals surface area contributed by atoms with E-state index in [0.29, 0.717) is 5.78 Å². The zero-order valence-electron chi connectivity index (χ0n) is 25.4. The SMILES string of the molecule is Brc1ccc(Br)cc1.CCCC1CCC(=O)CC1.CCCC1CCC(O)(c2ccc(Br)cc2)CC1.[CH2-]CCC.[Li+]. The molecule has 0 spiro atoms. The van der Waals surface area contributed by atoms with Crippen LogP contribution in [0.4, 0.5) is 0 Å². The summed E-state index contributed by atoms with van der Waals surface area (Å²) in [5.41, 5.74) is 0.501. The van der Waals surface area contributed by atoms with E-state index in [-0.39, 0.29) is 18.9 Å². The van der Waals surface area contributed by atoms with Gasteiger partial charge < -0.3 is 12.0 Å². The Hall–Kier alpha value is 0.107. The zero-order chi connectivity index (χ0) is 29.1. The molecule has 0 saturated heterocycles. The van der Waals surface area contributed by atoms with E-state index in [9.17, 15) is 9.90 Å². The van der Waals surface area contributed by atoms with Crippen molar-refractivity contribution < 1.29 is 28.8 Å². The third-order valence-corrected chi connectivity index (χ3v) is 9.11. The van der Waals surface area contributed by atoms with Gasteiger partial charge in [0.2, 0.25) is 0 Å². The van der Waals surface area contributed by atoms with Crippen LogP contribution >= 0.6 is 47.8 Å². The fourth-order valence-electron chi connectivity index (χ4n) is 5.03. The predicted molar refractivity (Wildman–Crippen MR) is 179 cm³/mol. The molecule has 2 saturated carbocycles. The Morgan fingerprint density at radius 1 is 0.725 bits per heavy atom. The summed E-state index contributed by atoms with van der Waals surface area (Å²) in [5.74, 6) is 2.17. The van der Waals surface area contributed by atoms with Crippen molar-refractivity contribution in [1.82, 2.24) is 0 Å². The molecule has 2 aromatic rings. The molecule has 220 valence electrons. The summed E-state index contributed by atoms with van der Waals surface area (Å²) in [6, 6.07) is 16.1. The zero-order valence-corrected chi connectivity index (χ0v) is 30.1. The van der Waals surface area contributed by atoms with Crippen LogP contribution in [-0.4, -0.2) is 10.9 Å². The van der Waals surface area contributed by atoms with Crippen molar-refractivity contribution in [2.75, 3.05) is 0 Å². The van der Waals surface area contributed by atoms with Crippen molar-refractivity contribution in [2.45, 2.75) is 116 Å². The average molecular weight is 737 g/mol.